The summed E-state index contributed by atoms with van der Waals surface area (Å²) in [5.74, 6) is 0.602. The zero-order valence-electron chi connectivity index (χ0n) is 18.1. The summed E-state index contributed by atoms with van der Waals surface area (Å²) in [4.78, 5) is 15.2. The normalized spacial score (nSPS) is 14.5. The Bertz CT molecular complexity index is 1140. The van der Waals surface area contributed by atoms with Crippen molar-refractivity contribution >= 4 is 17.9 Å². The maximum Gasteiger partial charge on any atom is 0.292 e. The number of hydrogen-bond donors (Lipinski definition) is 2. The third-order valence-corrected chi connectivity index (χ3v) is 4.92. The molecule has 3 heterocycles. The Morgan fingerprint density at radius 1 is 1.24 bits per heavy atom. The van der Waals surface area contributed by atoms with Crippen molar-refractivity contribution in [1.82, 2.24) is 35.6 Å². The second-order valence-electron chi connectivity index (χ2n) is 6.97. The Labute approximate surface area is 188 Å². The molecule has 0 atom stereocenters. The van der Waals surface area contributed by atoms with Crippen LogP contribution >= 0.6 is 0 Å². The largest absolute Gasteiger partial charge is 0.493 e. The number of nitrogens with two attached hydrogens (primary N) is 1. The quantitative estimate of drug-likeness (QED) is 0.341. The number of anilines is 1. The monoisotopic (exact) mass is 457 g/mol. The molecular formula is C19H23N9O5. The molecule has 0 saturated carbocycles. The standard InChI is InChI=1S/C19H23N9O5/c1-30-14-4-3-12(9-15(14)31-2)10-21-23-19(29)16-13(11-27-5-7-32-8-6-27)22-26-28(16)18-17(20)24-33-25-18/h3-4,9-10H,5-8,11H2,1-2H3,(H2,20,24)(H,23,29)/b21-10+. The molecule has 1 saturated heterocycles. The number of nitrogens with zero attached hydrogens (tertiary/aromatic N) is 7. The topological polar surface area (TPSA) is 168 Å². The number of morpholine rings is 1. The van der Waals surface area contributed by atoms with Crippen molar-refractivity contribution in [2.24, 2.45) is 5.10 Å². The van der Waals surface area contributed by atoms with E-state index in [0.29, 0.717) is 55.6 Å². The summed E-state index contributed by atoms with van der Waals surface area (Å²) in [5, 5.41) is 19.5. The van der Waals surface area contributed by atoms with E-state index in [0.717, 1.165) is 0 Å². The number of amides is 1. The van der Waals surface area contributed by atoms with Gasteiger partial charge in [-0.25, -0.2) is 10.1 Å². The SMILES string of the molecule is COc1ccc(/C=N/NC(=O)c2c(CN3CCOCC3)nnn2-c2nonc2N)cc1OC. The molecule has 1 aliphatic heterocycles. The summed E-state index contributed by atoms with van der Waals surface area (Å²) in [6, 6.07) is 5.24. The third-order valence-electron chi connectivity index (χ3n) is 4.92. The van der Waals surface area contributed by atoms with E-state index in [2.05, 4.69) is 40.7 Å². The van der Waals surface area contributed by atoms with Crippen LogP contribution in [0.15, 0.2) is 27.9 Å². The highest BCUT2D eigenvalue weighted by Gasteiger charge is 2.26. The molecule has 0 bridgehead atoms. The minimum atomic E-state index is -0.553. The minimum absolute atomic E-state index is 0.0271. The number of methoxy groups -OCH3 is 2. The molecule has 0 unspecified atom stereocenters. The molecule has 4 rings (SSSR count). The second kappa shape index (κ2) is 10.1. The molecule has 1 fully saturated rings. The van der Waals surface area contributed by atoms with Gasteiger partial charge in [0.2, 0.25) is 11.6 Å². The van der Waals surface area contributed by atoms with Crippen LogP contribution < -0.4 is 20.6 Å². The molecule has 1 aliphatic rings. The van der Waals surface area contributed by atoms with Gasteiger partial charge in [0.1, 0.15) is 5.69 Å². The smallest absolute Gasteiger partial charge is 0.292 e. The highest BCUT2D eigenvalue weighted by molar-refractivity contribution is 5.95. The molecule has 14 nitrogen and oxygen atoms in total. The van der Waals surface area contributed by atoms with Crippen molar-refractivity contribution in [3.8, 4) is 17.3 Å². The lowest BCUT2D eigenvalue weighted by atomic mass is 10.2. The Balaban J connectivity index is 1.56. The van der Waals surface area contributed by atoms with Gasteiger partial charge in [0, 0.05) is 19.6 Å². The fourth-order valence-corrected chi connectivity index (χ4v) is 3.26. The van der Waals surface area contributed by atoms with Gasteiger partial charge in [0.25, 0.3) is 5.91 Å². The van der Waals surface area contributed by atoms with E-state index in [9.17, 15) is 4.79 Å². The van der Waals surface area contributed by atoms with Gasteiger partial charge >= 0.3 is 0 Å². The number of carbonyl (C=O) groups excluding carboxylic acids is 1. The summed E-state index contributed by atoms with van der Waals surface area (Å²) in [6.45, 7) is 3.01. The van der Waals surface area contributed by atoms with Crippen LogP contribution in [0.3, 0.4) is 0 Å². The molecule has 14 heteroatoms. The van der Waals surface area contributed by atoms with Crippen LogP contribution in [-0.2, 0) is 11.3 Å². The highest BCUT2D eigenvalue weighted by Crippen LogP contribution is 2.26. The fourth-order valence-electron chi connectivity index (χ4n) is 3.26. The van der Waals surface area contributed by atoms with Crippen LogP contribution in [0.4, 0.5) is 5.82 Å². The Morgan fingerprint density at radius 3 is 2.73 bits per heavy atom. The van der Waals surface area contributed by atoms with Crippen molar-refractivity contribution in [2.45, 2.75) is 6.54 Å². The van der Waals surface area contributed by atoms with Gasteiger partial charge in [-0.2, -0.15) is 9.78 Å². The predicted octanol–water partition coefficient (Wildman–Crippen LogP) is -0.154. The fraction of sp³-hybridized carbons (Fsp3) is 0.368. The van der Waals surface area contributed by atoms with Gasteiger partial charge < -0.3 is 19.9 Å². The average molecular weight is 457 g/mol. The first-order valence-electron chi connectivity index (χ1n) is 9.99. The number of aromatic nitrogens is 5. The second-order valence-corrected chi connectivity index (χ2v) is 6.97. The molecule has 0 aliphatic carbocycles. The molecule has 3 N–H and O–H groups in total. The van der Waals surface area contributed by atoms with Gasteiger partial charge in [0.05, 0.1) is 33.6 Å². The van der Waals surface area contributed by atoms with E-state index in [4.69, 9.17) is 19.9 Å². The first-order valence-corrected chi connectivity index (χ1v) is 9.99. The molecule has 174 valence electrons. The summed E-state index contributed by atoms with van der Waals surface area (Å²) in [6.07, 6.45) is 1.47. The summed E-state index contributed by atoms with van der Waals surface area (Å²) >= 11 is 0. The third kappa shape index (κ3) is 4.91. The van der Waals surface area contributed by atoms with Crippen molar-refractivity contribution < 1.29 is 23.6 Å². The van der Waals surface area contributed by atoms with E-state index in [1.807, 2.05) is 0 Å². The van der Waals surface area contributed by atoms with Crippen LogP contribution in [0.5, 0.6) is 11.5 Å². The summed E-state index contributed by atoms with van der Waals surface area (Å²) in [7, 11) is 3.09. The molecule has 0 radical (unpaired) electrons. The Kier molecular flexibility index (Phi) is 6.75. The van der Waals surface area contributed by atoms with Gasteiger partial charge in [0.15, 0.2) is 17.2 Å². The Morgan fingerprint density at radius 2 is 2.03 bits per heavy atom. The van der Waals surface area contributed by atoms with Crippen LogP contribution in [0.1, 0.15) is 21.7 Å². The average Bonchev–Trinajstić information content (AvgIpc) is 3.45. The summed E-state index contributed by atoms with van der Waals surface area (Å²) < 4.78 is 21.7. The molecular weight excluding hydrogens is 434 g/mol. The lowest BCUT2D eigenvalue weighted by molar-refractivity contribution is 0.0335. The maximum absolute atomic E-state index is 13.1. The molecule has 1 amide bonds. The Hall–Kier alpha value is -4.04. The van der Waals surface area contributed by atoms with E-state index in [1.165, 1.54) is 18.0 Å². The lowest BCUT2D eigenvalue weighted by Gasteiger charge is -2.25. The molecule has 33 heavy (non-hydrogen) atoms. The van der Waals surface area contributed by atoms with Crippen molar-refractivity contribution in [3.05, 3.63) is 35.2 Å². The summed E-state index contributed by atoms with van der Waals surface area (Å²) in [5.41, 5.74) is 9.53. The number of hydrogen-bond acceptors (Lipinski definition) is 12. The zero-order valence-corrected chi connectivity index (χ0v) is 18.1. The zero-order chi connectivity index (χ0) is 23.2. The number of benzene rings is 1. The number of nitrogens with one attached hydrogen (secondary N) is 1. The maximum atomic E-state index is 13.1. The van der Waals surface area contributed by atoms with E-state index in [-0.39, 0.29) is 17.3 Å². The van der Waals surface area contributed by atoms with Gasteiger partial charge in [-0.15, -0.1) is 5.10 Å². The first-order chi connectivity index (χ1) is 16.1. The number of rotatable bonds is 8. The molecule has 2 aromatic heterocycles. The lowest BCUT2D eigenvalue weighted by Crippen LogP contribution is -2.36. The molecule has 3 aromatic rings. The van der Waals surface area contributed by atoms with Crippen LogP contribution in [0.2, 0.25) is 0 Å². The van der Waals surface area contributed by atoms with Crippen LogP contribution in [-0.4, -0.2) is 82.9 Å². The first kappa shape index (κ1) is 22.2. The van der Waals surface area contributed by atoms with Crippen molar-refractivity contribution in [1.29, 1.82) is 0 Å². The molecule has 1 aromatic carbocycles. The van der Waals surface area contributed by atoms with Gasteiger partial charge in [-0.05, 0) is 34.1 Å². The minimum Gasteiger partial charge on any atom is -0.493 e. The number of ether oxygens (including phenoxy) is 3. The predicted molar refractivity (Wildman–Crippen MR) is 114 cm³/mol. The number of hydrazone groups is 1. The van der Waals surface area contributed by atoms with Gasteiger partial charge in [-0.1, -0.05) is 5.21 Å². The van der Waals surface area contributed by atoms with Crippen LogP contribution in [0, 0.1) is 0 Å². The van der Waals surface area contributed by atoms with Crippen molar-refractivity contribution in [2.75, 3.05) is 46.3 Å². The van der Waals surface area contributed by atoms with E-state index >= 15 is 0 Å². The van der Waals surface area contributed by atoms with Crippen molar-refractivity contribution in [3.63, 3.8) is 0 Å². The van der Waals surface area contributed by atoms with E-state index < -0.39 is 5.91 Å². The highest BCUT2D eigenvalue weighted by atomic mass is 16.6. The number of carbonyl (C=O) groups is 1. The van der Waals surface area contributed by atoms with Crippen LogP contribution in [0.25, 0.3) is 5.82 Å². The molecule has 0 spiro atoms. The van der Waals surface area contributed by atoms with Gasteiger partial charge in [-0.3, -0.25) is 9.69 Å². The van der Waals surface area contributed by atoms with E-state index in [1.54, 1.807) is 25.3 Å². The number of nitrogen functional groups attached to an aromatic ring is 1.